The monoisotopic (exact) mass is 738 g/mol. The molecule has 0 radical (unpaired) electrons. The maximum absolute atomic E-state index is 4.89. The van der Waals surface area contributed by atoms with E-state index >= 15 is 0 Å². The third-order valence-electron chi connectivity index (χ3n) is 11.9. The van der Waals surface area contributed by atoms with Crippen LogP contribution in [0.4, 0.5) is 0 Å². The van der Waals surface area contributed by atoms with Gasteiger partial charge in [0, 0.05) is 28.9 Å². The van der Waals surface area contributed by atoms with Crippen molar-refractivity contribution in [3.8, 4) is 5.69 Å². The van der Waals surface area contributed by atoms with Gasteiger partial charge in [0.25, 0.3) is 0 Å². The van der Waals surface area contributed by atoms with E-state index in [0.29, 0.717) is 0 Å². The van der Waals surface area contributed by atoms with Crippen LogP contribution in [0.15, 0.2) is 219 Å². The number of fused-ring (bicyclic) bond motifs is 7. The Morgan fingerprint density at radius 3 is 1.97 bits per heavy atom. The van der Waals surface area contributed by atoms with Crippen LogP contribution in [0.5, 0.6) is 0 Å². The van der Waals surface area contributed by atoms with E-state index in [2.05, 4.69) is 204 Å². The quantitative estimate of drug-likeness (QED) is 0.176. The van der Waals surface area contributed by atoms with E-state index in [9.17, 15) is 0 Å². The number of aromatic nitrogens is 2. The highest BCUT2D eigenvalue weighted by Crippen LogP contribution is 2.37. The molecule has 0 saturated carbocycles. The van der Waals surface area contributed by atoms with E-state index in [0.717, 1.165) is 56.2 Å². The fraction of sp³-hybridized carbons (Fsp3) is 0.0179. The molecule has 2 nitrogen and oxygen atoms in total. The molecule has 0 bridgehead atoms. The highest BCUT2D eigenvalue weighted by atomic mass is 15.0. The van der Waals surface area contributed by atoms with Gasteiger partial charge in [0.2, 0.25) is 0 Å². The van der Waals surface area contributed by atoms with Crippen LogP contribution in [0.2, 0.25) is 0 Å². The third kappa shape index (κ3) is 5.61. The van der Waals surface area contributed by atoms with Crippen LogP contribution >= 0.6 is 0 Å². The summed E-state index contributed by atoms with van der Waals surface area (Å²) in [5.41, 5.74) is 11.5. The van der Waals surface area contributed by atoms with Crippen molar-refractivity contribution in [3.63, 3.8) is 0 Å². The summed E-state index contributed by atoms with van der Waals surface area (Å²) >= 11 is 0. The first-order valence-corrected chi connectivity index (χ1v) is 19.9. The van der Waals surface area contributed by atoms with Crippen LogP contribution in [-0.2, 0) is 0 Å². The van der Waals surface area contributed by atoms with Crippen molar-refractivity contribution in [3.05, 3.63) is 246 Å². The van der Waals surface area contributed by atoms with Gasteiger partial charge in [-0.25, -0.2) is 0 Å². The lowest BCUT2D eigenvalue weighted by molar-refractivity contribution is 1.18. The molecule has 2 aromatic heterocycles. The summed E-state index contributed by atoms with van der Waals surface area (Å²) in [6, 6.07) is 63.9. The lowest BCUT2D eigenvalue weighted by atomic mass is 9.87. The summed E-state index contributed by atoms with van der Waals surface area (Å²) in [6.07, 6.45) is 11.6. The van der Waals surface area contributed by atoms with Crippen LogP contribution in [0.25, 0.3) is 76.5 Å². The second kappa shape index (κ2) is 13.9. The van der Waals surface area contributed by atoms with Crippen molar-refractivity contribution in [1.29, 1.82) is 0 Å². The first-order valence-electron chi connectivity index (χ1n) is 19.9. The van der Waals surface area contributed by atoms with E-state index in [4.69, 9.17) is 6.58 Å². The van der Waals surface area contributed by atoms with Crippen molar-refractivity contribution < 1.29 is 0 Å². The fourth-order valence-corrected chi connectivity index (χ4v) is 9.18. The molecule has 10 aromatic rings. The van der Waals surface area contributed by atoms with Crippen LogP contribution in [0, 0.1) is 0 Å². The molecular weight excluding hydrogens is 701 g/mol. The minimum atomic E-state index is 0.755. The van der Waals surface area contributed by atoms with Gasteiger partial charge < -0.3 is 4.57 Å². The molecule has 0 fully saturated rings. The zero-order valence-corrected chi connectivity index (χ0v) is 31.9. The molecule has 8 aromatic carbocycles. The molecule has 58 heavy (non-hydrogen) atoms. The van der Waals surface area contributed by atoms with Crippen LogP contribution in [-0.4, -0.2) is 9.55 Å². The smallest absolute Gasteiger partial charge is 0.0571 e. The van der Waals surface area contributed by atoms with E-state index in [1.54, 1.807) is 0 Å². The Kier molecular flexibility index (Phi) is 8.08. The fourth-order valence-electron chi connectivity index (χ4n) is 9.18. The molecule has 0 saturated heterocycles. The predicted octanol–water partition coefficient (Wildman–Crippen LogP) is 12.6. The summed E-state index contributed by atoms with van der Waals surface area (Å²) in [5, 5.41) is 12.0. The summed E-state index contributed by atoms with van der Waals surface area (Å²) in [6.45, 7) is 4.89. The van der Waals surface area contributed by atoms with Gasteiger partial charge >= 0.3 is 0 Å². The number of hydrogen-bond acceptors (Lipinski definition) is 1. The zero-order valence-electron chi connectivity index (χ0n) is 31.9. The number of benzene rings is 8. The maximum atomic E-state index is 4.89. The average molecular weight is 739 g/mol. The van der Waals surface area contributed by atoms with Crippen molar-refractivity contribution in [2.75, 3.05) is 0 Å². The Labute approximate surface area is 337 Å². The lowest BCUT2D eigenvalue weighted by Gasteiger charge is -2.17. The first kappa shape index (κ1) is 33.8. The Bertz CT molecular complexity index is 3490. The number of allylic oxidation sites excluding steroid dienone is 5. The molecule has 2 heterocycles. The highest BCUT2D eigenvalue weighted by molar-refractivity contribution is 6.10. The Morgan fingerprint density at radius 1 is 0.500 bits per heavy atom. The van der Waals surface area contributed by atoms with Crippen molar-refractivity contribution >= 4 is 70.8 Å². The van der Waals surface area contributed by atoms with E-state index in [1.165, 1.54) is 59.5 Å². The molecule has 0 unspecified atom stereocenters. The molecule has 0 aliphatic heterocycles. The third-order valence-corrected chi connectivity index (χ3v) is 11.9. The van der Waals surface area contributed by atoms with Crippen LogP contribution in [0.1, 0.15) is 23.1 Å². The second-order valence-corrected chi connectivity index (χ2v) is 15.2. The van der Waals surface area contributed by atoms with Crippen molar-refractivity contribution in [2.24, 2.45) is 0 Å². The molecule has 1 aliphatic rings. The summed E-state index contributed by atoms with van der Waals surface area (Å²) in [4.78, 5) is 4.61. The molecule has 0 atom stereocenters. The minimum Gasteiger partial charge on any atom is -0.309 e. The minimum absolute atomic E-state index is 0.755. The van der Waals surface area contributed by atoms with Gasteiger partial charge in [-0.15, -0.1) is 0 Å². The molecule has 2 heteroatoms. The van der Waals surface area contributed by atoms with E-state index < -0.39 is 0 Å². The van der Waals surface area contributed by atoms with Gasteiger partial charge in [0.1, 0.15) is 0 Å². The Hall–Kier alpha value is -7.55. The molecule has 1 aliphatic carbocycles. The zero-order chi connectivity index (χ0) is 38.6. The van der Waals surface area contributed by atoms with Crippen LogP contribution in [0.3, 0.4) is 0 Å². The SMILES string of the molecule is C=C1/C=C(c2ccc3c(c2)c2cnccc2n3-c2ccc3ccccc3c2)\C=C/C/C(c2cccc3ccccc23)=c2/ccccc2=C1c1cccc2ccccc12. The number of pyridine rings is 1. The van der Waals surface area contributed by atoms with Crippen molar-refractivity contribution in [2.45, 2.75) is 6.42 Å². The van der Waals surface area contributed by atoms with E-state index in [1.807, 2.05) is 12.4 Å². The highest BCUT2D eigenvalue weighted by Gasteiger charge is 2.18. The molecule has 0 spiro atoms. The maximum Gasteiger partial charge on any atom is 0.0571 e. The topological polar surface area (TPSA) is 17.8 Å². The molecule has 0 N–H and O–H groups in total. The standard InChI is InChI=1S/C56H38N2/c1-37-33-41(43-28-30-54-52(35-43)53-36-57-32-31-55(53)58(54)44-29-27-38-13-2-3-16-42(38)34-44)19-12-25-48(47-24-10-17-39-14-4-6-20-45(39)47)49-22-8-9-23-51(49)56(37)50-26-11-18-40-15-5-7-21-46(40)50/h2-24,26-36H,1,25H2/b19-12-,41-33+,49-48+,56-51?. The van der Waals surface area contributed by atoms with Gasteiger partial charge in [-0.05, 0) is 125 Å². The van der Waals surface area contributed by atoms with Crippen LogP contribution < -0.4 is 10.4 Å². The molecule has 272 valence electrons. The summed E-state index contributed by atoms with van der Waals surface area (Å²) in [5.74, 6) is 0. The Morgan fingerprint density at radius 2 is 1.16 bits per heavy atom. The van der Waals surface area contributed by atoms with Gasteiger partial charge in [-0.1, -0.05) is 164 Å². The number of rotatable bonds is 4. The van der Waals surface area contributed by atoms with Gasteiger partial charge in [0.15, 0.2) is 0 Å². The van der Waals surface area contributed by atoms with Crippen molar-refractivity contribution in [1.82, 2.24) is 9.55 Å². The van der Waals surface area contributed by atoms with Gasteiger partial charge in [-0.3, -0.25) is 4.98 Å². The summed E-state index contributed by atoms with van der Waals surface area (Å²) in [7, 11) is 0. The molecule has 11 rings (SSSR count). The largest absolute Gasteiger partial charge is 0.309 e. The molecular formula is C56H38N2. The average Bonchev–Trinajstić information content (AvgIpc) is 3.61. The first-order chi connectivity index (χ1) is 28.7. The lowest BCUT2D eigenvalue weighted by Crippen LogP contribution is -2.30. The van der Waals surface area contributed by atoms with E-state index in [-0.39, 0.29) is 0 Å². The van der Waals surface area contributed by atoms with Gasteiger partial charge in [-0.2, -0.15) is 0 Å². The summed E-state index contributed by atoms with van der Waals surface area (Å²) < 4.78 is 2.37. The number of hydrogen-bond donors (Lipinski definition) is 0. The second-order valence-electron chi connectivity index (χ2n) is 15.2. The predicted molar refractivity (Wildman–Crippen MR) is 246 cm³/mol. The normalized spacial score (nSPS) is 15.8. The molecule has 0 amide bonds. The number of nitrogens with zero attached hydrogens (tertiary/aromatic N) is 2. The Balaban J connectivity index is 1.16. The van der Waals surface area contributed by atoms with Gasteiger partial charge in [0.05, 0.1) is 11.0 Å².